The highest BCUT2D eigenvalue weighted by molar-refractivity contribution is 6.23. The lowest BCUT2D eigenvalue weighted by molar-refractivity contribution is -0.157. The van der Waals surface area contributed by atoms with Gasteiger partial charge in [-0.3, -0.25) is 4.79 Å². The van der Waals surface area contributed by atoms with Gasteiger partial charge in [-0.2, -0.15) is 5.10 Å². The number of aromatic nitrogens is 2. The molecule has 0 spiro atoms. The van der Waals surface area contributed by atoms with Gasteiger partial charge in [0.2, 0.25) is 5.88 Å². The first-order valence-corrected chi connectivity index (χ1v) is 8.99. The number of ether oxygens (including phenoxy) is 2. The molecule has 6 nitrogen and oxygen atoms in total. The van der Waals surface area contributed by atoms with Gasteiger partial charge in [-0.15, -0.1) is 0 Å². The molecule has 0 amide bonds. The highest BCUT2D eigenvalue weighted by Crippen LogP contribution is 2.35. The Kier molecular flexibility index (Phi) is 5.17. The molecule has 142 valence electrons. The highest BCUT2D eigenvalue weighted by atomic mass is 16.6. The maximum absolute atomic E-state index is 12.3. The van der Waals surface area contributed by atoms with Crippen molar-refractivity contribution in [1.29, 1.82) is 0 Å². The molecule has 2 aromatic rings. The van der Waals surface area contributed by atoms with E-state index in [1.54, 1.807) is 25.5 Å². The van der Waals surface area contributed by atoms with Crippen LogP contribution in [0.5, 0.6) is 5.88 Å². The molecule has 1 aromatic heterocycles. The first-order valence-electron chi connectivity index (χ1n) is 8.99. The van der Waals surface area contributed by atoms with Crippen LogP contribution in [0.15, 0.2) is 36.4 Å². The lowest BCUT2D eigenvalue weighted by Crippen LogP contribution is -2.27. The smallest absolute Gasteiger partial charge is 0.344 e. The molecule has 0 fully saturated rings. The van der Waals surface area contributed by atoms with E-state index in [9.17, 15) is 9.59 Å². The first-order chi connectivity index (χ1) is 12.8. The summed E-state index contributed by atoms with van der Waals surface area (Å²) < 4.78 is 12.8. The minimum Gasteiger partial charge on any atom is -0.465 e. The summed E-state index contributed by atoms with van der Waals surface area (Å²) in [7, 11) is 0. The van der Waals surface area contributed by atoms with E-state index in [-0.39, 0.29) is 12.4 Å². The number of allylic oxidation sites excluding steroid dienone is 2. The minimum atomic E-state index is -0.594. The van der Waals surface area contributed by atoms with Crippen molar-refractivity contribution in [2.45, 2.75) is 46.1 Å². The summed E-state index contributed by atoms with van der Waals surface area (Å²) >= 11 is 0. The fourth-order valence-corrected chi connectivity index (χ4v) is 3.03. The van der Waals surface area contributed by atoms with E-state index in [4.69, 9.17) is 9.47 Å². The van der Waals surface area contributed by atoms with E-state index in [1.165, 1.54) is 0 Å². The Morgan fingerprint density at radius 3 is 2.52 bits per heavy atom. The summed E-state index contributed by atoms with van der Waals surface area (Å²) in [6.45, 7) is 6.98. The van der Waals surface area contributed by atoms with Gasteiger partial charge >= 0.3 is 5.97 Å². The molecule has 1 aliphatic rings. The fraction of sp³-hybridized carbons (Fsp3) is 0.381. The average molecular weight is 368 g/mol. The van der Waals surface area contributed by atoms with Crippen molar-refractivity contribution in [2.75, 3.05) is 6.61 Å². The standard InChI is InChI=1S/C21H24N2O4/c1-14-19(16-11-8-12-17(16)24)20(26-13-18(25)27-21(2,3)4)23(22-14)15-9-6-5-7-10-15/h5-7,9-11H,8,12-13H2,1-4H3. The predicted molar refractivity (Wildman–Crippen MR) is 102 cm³/mol. The number of hydrogen-bond donors (Lipinski definition) is 0. The summed E-state index contributed by atoms with van der Waals surface area (Å²) in [5, 5.41) is 4.56. The second-order valence-electron chi connectivity index (χ2n) is 7.47. The van der Waals surface area contributed by atoms with E-state index in [0.29, 0.717) is 35.6 Å². The van der Waals surface area contributed by atoms with Gasteiger partial charge in [0.25, 0.3) is 0 Å². The molecular formula is C21H24N2O4. The molecule has 3 rings (SSSR count). The van der Waals surface area contributed by atoms with Crippen molar-refractivity contribution in [3.8, 4) is 11.6 Å². The number of aryl methyl sites for hydroxylation is 1. The van der Waals surface area contributed by atoms with Gasteiger partial charge in [-0.1, -0.05) is 24.3 Å². The van der Waals surface area contributed by atoms with Crippen molar-refractivity contribution >= 4 is 17.3 Å². The molecule has 0 aliphatic heterocycles. The number of ketones is 1. The lowest BCUT2D eigenvalue weighted by atomic mass is 10.1. The van der Waals surface area contributed by atoms with Gasteiger partial charge in [0.15, 0.2) is 12.4 Å². The monoisotopic (exact) mass is 368 g/mol. The SMILES string of the molecule is Cc1nn(-c2ccccc2)c(OCC(=O)OC(C)(C)C)c1C1=CCCC1=O. The van der Waals surface area contributed by atoms with E-state index < -0.39 is 11.6 Å². The molecule has 1 aliphatic carbocycles. The third-order valence-electron chi connectivity index (χ3n) is 4.06. The molecule has 1 heterocycles. The number of nitrogens with zero attached hydrogens (tertiary/aromatic N) is 2. The molecule has 0 radical (unpaired) electrons. The number of esters is 1. The van der Waals surface area contributed by atoms with Crippen molar-refractivity contribution in [3.63, 3.8) is 0 Å². The van der Waals surface area contributed by atoms with E-state index in [1.807, 2.05) is 43.3 Å². The molecule has 6 heteroatoms. The molecular weight excluding hydrogens is 344 g/mol. The molecule has 0 atom stereocenters. The Bertz CT molecular complexity index is 889. The number of Topliss-reactive ketones (excluding diaryl/α,β-unsaturated/α-hetero) is 1. The molecule has 1 aromatic carbocycles. The Morgan fingerprint density at radius 1 is 1.22 bits per heavy atom. The fourth-order valence-electron chi connectivity index (χ4n) is 3.03. The number of carbonyl (C=O) groups excluding carboxylic acids is 2. The summed E-state index contributed by atoms with van der Waals surface area (Å²) in [5.41, 5.74) is 2.12. The quantitative estimate of drug-likeness (QED) is 0.754. The molecule has 0 N–H and O–H groups in total. The summed E-state index contributed by atoms with van der Waals surface area (Å²) in [6.07, 6.45) is 3.09. The third kappa shape index (κ3) is 4.27. The first kappa shape index (κ1) is 18.9. The Balaban J connectivity index is 1.98. The normalized spacial score (nSPS) is 14.2. The van der Waals surface area contributed by atoms with Gasteiger partial charge in [-0.25, -0.2) is 9.48 Å². The second kappa shape index (κ2) is 7.39. The number of rotatable bonds is 5. The zero-order valence-electron chi connectivity index (χ0n) is 16.1. The molecule has 27 heavy (non-hydrogen) atoms. The Labute approximate surface area is 158 Å². The van der Waals surface area contributed by atoms with Crippen LogP contribution in [-0.4, -0.2) is 33.7 Å². The lowest BCUT2D eigenvalue weighted by Gasteiger charge is -2.20. The molecule has 0 unspecified atom stereocenters. The topological polar surface area (TPSA) is 70.4 Å². The van der Waals surface area contributed by atoms with E-state index >= 15 is 0 Å². The van der Waals surface area contributed by atoms with Crippen LogP contribution in [0.1, 0.15) is 44.9 Å². The van der Waals surface area contributed by atoms with Crippen LogP contribution in [0, 0.1) is 6.92 Å². The zero-order chi connectivity index (χ0) is 19.6. The summed E-state index contributed by atoms with van der Waals surface area (Å²) in [6, 6.07) is 9.47. The number of hydrogen-bond acceptors (Lipinski definition) is 5. The largest absolute Gasteiger partial charge is 0.465 e. The van der Waals surface area contributed by atoms with Crippen LogP contribution in [0.4, 0.5) is 0 Å². The second-order valence-corrected chi connectivity index (χ2v) is 7.47. The van der Waals surface area contributed by atoms with Crippen LogP contribution in [0.25, 0.3) is 11.3 Å². The van der Waals surface area contributed by atoms with Crippen LogP contribution in [-0.2, 0) is 14.3 Å². The summed E-state index contributed by atoms with van der Waals surface area (Å²) in [5.74, 6) is -0.0301. The average Bonchev–Trinajstić information content (AvgIpc) is 3.15. The van der Waals surface area contributed by atoms with Crippen molar-refractivity contribution < 1.29 is 19.1 Å². The van der Waals surface area contributed by atoms with Crippen LogP contribution >= 0.6 is 0 Å². The molecule has 0 bridgehead atoms. The summed E-state index contributed by atoms with van der Waals surface area (Å²) in [4.78, 5) is 24.4. The zero-order valence-corrected chi connectivity index (χ0v) is 16.1. The Morgan fingerprint density at radius 2 is 1.93 bits per heavy atom. The maximum Gasteiger partial charge on any atom is 0.344 e. The number of benzene rings is 1. The van der Waals surface area contributed by atoms with Crippen molar-refractivity contribution in [2.24, 2.45) is 0 Å². The van der Waals surface area contributed by atoms with Crippen molar-refractivity contribution in [1.82, 2.24) is 9.78 Å². The molecule has 0 saturated heterocycles. The molecule has 0 saturated carbocycles. The van der Waals surface area contributed by atoms with E-state index in [2.05, 4.69) is 5.10 Å². The van der Waals surface area contributed by atoms with Crippen LogP contribution < -0.4 is 4.74 Å². The van der Waals surface area contributed by atoms with E-state index in [0.717, 1.165) is 5.69 Å². The maximum atomic E-state index is 12.3. The predicted octanol–water partition coefficient (Wildman–Crippen LogP) is 3.65. The van der Waals surface area contributed by atoms with Gasteiger partial charge in [0.05, 0.1) is 16.9 Å². The van der Waals surface area contributed by atoms with Crippen LogP contribution in [0.3, 0.4) is 0 Å². The van der Waals surface area contributed by atoms with Crippen molar-refractivity contribution in [3.05, 3.63) is 47.7 Å². The van der Waals surface area contributed by atoms with Gasteiger partial charge in [-0.05, 0) is 46.2 Å². The number of para-hydroxylation sites is 1. The highest BCUT2D eigenvalue weighted by Gasteiger charge is 2.28. The third-order valence-corrected chi connectivity index (χ3v) is 4.06. The van der Waals surface area contributed by atoms with Gasteiger partial charge < -0.3 is 9.47 Å². The van der Waals surface area contributed by atoms with Gasteiger partial charge in [0.1, 0.15) is 5.60 Å². The number of carbonyl (C=O) groups is 2. The van der Waals surface area contributed by atoms with Gasteiger partial charge in [0, 0.05) is 12.0 Å². The Hall–Kier alpha value is -2.89. The van der Waals surface area contributed by atoms with Crippen LogP contribution in [0.2, 0.25) is 0 Å². The minimum absolute atomic E-state index is 0.0628.